The van der Waals surface area contributed by atoms with Gasteiger partial charge in [-0.1, -0.05) is 11.6 Å². The minimum atomic E-state index is -0.409. The zero-order valence-electron chi connectivity index (χ0n) is 8.69. The van der Waals surface area contributed by atoms with Crippen LogP contribution in [0.25, 0.3) is 0 Å². The van der Waals surface area contributed by atoms with Crippen LogP contribution in [0, 0.1) is 0 Å². The van der Waals surface area contributed by atoms with Gasteiger partial charge in [0.2, 0.25) is 0 Å². The Bertz CT molecular complexity index is 422. The standard InChI is InChI=1S/C11H13ClN2O2/c12-9-2-1-7(5-10(9)13)11(16)14-4-3-8(15)6-14/h1-2,5,8,15H,3-4,6,13H2/t8-/m1/s1. The summed E-state index contributed by atoms with van der Waals surface area (Å²) in [6.45, 7) is 0.976. The van der Waals surface area contributed by atoms with Crippen LogP contribution in [0.5, 0.6) is 0 Å². The van der Waals surface area contributed by atoms with Crippen LogP contribution in [-0.2, 0) is 0 Å². The molecular weight excluding hydrogens is 228 g/mol. The predicted molar refractivity (Wildman–Crippen MR) is 62.4 cm³/mol. The molecule has 1 saturated heterocycles. The Balaban J connectivity index is 2.18. The number of halogens is 1. The van der Waals surface area contributed by atoms with Crippen molar-refractivity contribution in [3.05, 3.63) is 28.8 Å². The molecule has 3 N–H and O–H groups in total. The SMILES string of the molecule is Nc1cc(C(=O)N2CC[C@@H](O)C2)ccc1Cl. The number of aliphatic hydroxyl groups excluding tert-OH is 1. The summed E-state index contributed by atoms with van der Waals surface area (Å²) in [7, 11) is 0. The number of nitrogen functional groups attached to an aromatic ring is 1. The molecule has 0 unspecified atom stereocenters. The molecular formula is C11H13ClN2O2. The molecule has 0 aliphatic carbocycles. The van der Waals surface area contributed by atoms with Gasteiger partial charge in [0.15, 0.2) is 0 Å². The fourth-order valence-corrected chi connectivity index (χ4v) is 1.90. The Morgan fingerprint density at radius 2 is 2.31 bits per heavy atom. The quantitative estimate of drug-likeness (QED) is 0.724. The number of amides is 1. The average Bonchev–Trinajstić information content (AvgIpc) is 2.68. The van der Waals surface area contributed by atoms with E-state index >= 15 is 0 Å². The first kappa shape index (κ1) is 11.2. The monoisotopic (exact) mass is 240 g/mol. The summed E-state index contributed by atoms with van der Waals surface area (Å²) in [5.41, 5.74) is 6.54. The average molecular weight is 241 g/mol. The Morgan fingerprint density at radius 1 is 1.56 bits per heavy atom. The van der Waals surface area contributed by atoms with Gasteiger partial charge >= 0.3 is 0 Å². The van der Waals surface area contributed by atoms with Crippen molar-refractivity contribution in [2.24, 2.45) is 0 Å². The topological polar surface area (TPSA) is 66.6 Å². The van der Waals surface area contributed by atoms with Crippen LogP contribution in [0.3, 0.4) is 0 Å². The van der Waals surface area contributed by atoms with E-state index < -0.39 is 6.10 Å². The highest BCUT2D eigenvalue weighted by Crippen LogP contribution is 2.21. The van der Waals surface area contributed by atoms with E-state index in [1.165, 1.54) is 0 Å². The Hall–Kier alpha value is -1.26. The third-order valence-electron chi connectivity index (χ3n) is 2.69. The lowest BCUT2D eigenvalue weighted by Gasteiger charge is -2.15. The van der Waals surface area contributed by atoms with E-state index in [9.17, 15) is 9.90 Å². The molecule has 1 atom stereocenters. The van der Waals surface area contributed by atoms with E-state index in [2.05, 4.69) is 0 Å². The number of aliphatic hydroxyl groups is 1. The molecule has 1 aromatic rings. The first-order chi connectivity index (χ1) is 7.58. The van der Waals surface area contributed by atoms with Crippen molar-refractivity contribution in [2.45, 2.75) is 12.5 Å². The lowest BCUT2D eigenvalue weighted by atomic mass is 10.2. The van der Waals surface area contributed by atoms with Gasteiger partial charge < -0.3 is 15.7 Å². The molecule has 1 aromatic carbocycles. The maximum Gasteiger partial charge on any atom is 0.254 e. The van der Waals surface area contributed by atoms with Crippen molar-refractivity contribution in [1.82, 2.24) is 4.90 Å². The van der Waals surface area contributed by atoms with E-state index in [1.54, 1.807) is 23.1 Å². The van der Waals surface area contributed by atoms with Gasteiger partial charge in [0.25, 0.3) is 5.91 Å². The Labute approximate surface area is 98.6 Å². The highest BCUT2D eigenvalue weighted by molar-refractivity contribution is 6.33. The van der Waals surface area contributed by atoms with Crippen molar-refractivity contribution in [3.8, 4) is 0 Å². The van der Waals surface area contributed by atoms with Crippen LogP contribution < -0.4 is 5.73 Å². The minimum absolute atomic E-state index is 0.111. The summed E-state index contributed by atoms with van der Waals surface area (Å²) < 4.78 is 0. The fourth-order valence-electron chi connectivity index (χ4n) is 1.79. The number of anilines is 1. The molecule has 4 nitrogen and oxygen atoms in total. The van der Waals surface area contributed by atoms with Gasteiger partial charge in [-0.15, -0.1) is 0 Å². The molecule has 1 fully saturated rings. The smallest absolute Gasteiger partial charge is 0.254 e. The van der Waals surface area contributed by atoms with Gasteiger partial charge in [0, 0.05) is 18.7 Å². The summed E-state index contributed by atoms with van der Waals surface area (Å²) in [5.74, 6) is -0.111. The van der Waals surface area contributed by atoms with Crippen molar-refractivity contribution in [1.29, 1.82) is 0 Å². The van der Waals surface area contributed by atoms with Crippen molar-refractivity contribution >= 4 is 23.2 Å². The number of likely N-dealkylation sites (tertiary alicyclic amines) is 1. The number of nitrogens with zero attached hydrogens (tertiary/aromatic N) is 1. The van der Waals surface area contributed by atoms with Gasteiger partial charge in [0.1, 0.15) is 0 Å². The van der Waals surface area contributed by atoms with Crippen LogP contribution in [0.15, 0.2) is 18.2 Å². The number of hydrogen-bond donors (Lipinski definition) is 2. The summed E-state index contributed by atoms with van der Waals surface area (Å²) in [6.07, 6.45) is 0.225. The van der Waals surface area contributed by atoms with E-state index in [0.717, 1.165) is 0 Å². The minimum Gasteiger partial charge on any atom is -0.398 e. The van der Waals surface area contributed by atoms with Crippen molar-refractivity contribution in [3.63, 3.8) is 0 Å². The number of carbonyl (C=O) groups is 1. The fraction of sp³-hybridized carbons (Fsp3) is 0.364. The van der Waals surface area contributed by atoms with Crippen LogP contribution in [0.2, 0.25) is 5.02 Å². The number of rotatable bonds is 1. The number of β-amino-alcohol motifs (C(OH)–C–C–N with tert-alkyl or cyclic N) is 1. The second-order valence-electron chi connectivity index (χ2n) is 3.93. The van der Waals surface area contributed by atoms with Gasteiger partial charge in [-0.2, -0.15) is 0 Å². The Kier molecular flexibility index (Phi) is 3.03. The molecule has 2 rings (SSSR count). The van der Waals surface area contributed by atoms with Gasteiger partial charge in [-0.3, -0.25) is 4.79 Å². The van der Waals surface area contributed by atoms with Crippen LogP contribution >= 0.6 is 11.6 Å². The molecule has 0 bridgehead atoms. The maximum absolute atomic E-state index is 12.0. The highest BCUT2D eigenvalue weighted by Gasteiger charge is 2.25. The lowest BCUT2D eigenvalue weighted by Crippen LogP contribution is -2.29. The summed E-state index contributed by atoms with van der Waals surface area (Å²) in [4.78, 5) is 13.6. The van der Waals surface area contributed by atoms with Crippen LogP contribution in [-0.4, -0.2) is 35.1 Å². The molecule has 1 heterocycles. The summed E-state index contributed by atoms with van der Waals surface area (Å²) >= 11 is 5.78. The third kappa shape index (κ3) is 2.13. The number of benzene rings is 1. The van der Waals surface area contributed by atoms with E-state index in [1.807, 2.05) is 0 Å². The van der Waals surface area contributed by atoms with Gasteiger partial charge in [0.05, 0.1) is 16.8 Å². The molecule has 0 radical (unpaired) electrons. The lowest BCUT2D eigenvalue weighted by molar-refractivity contribution is 0.0765. The molecule has 16 heavy (non-hydrogen) atoms. The molecule has 1 amide bonds. The maximum atomic E-state index is 12.0. The number of nitrogens with two attached hydrogens (primary N) is 1. The number of carbonyl (C=O) groups excluding carboxylic acids is 1. The van der Waals surface area contributed by atoms with E-state index in [4.69, 9.17) is 17.3 Å². The van der Waals surface area contributed by atoms with Crippen molar-refractivity contribution < 1.29 is 9.90 Å². The zero-order chi connectivity index (χ0) is 11.7. The molecule has 1 aliphatic heterocycles. The molecule has 86 valence electrons. The second kappa shape index (κ2) is 4.31. The molecule has 1 aliphatic rings. The molecule has 0 saturated carbocycles. The first-order valence-electron chi connectivity index (χ1n) is 5.10. The molecule has 0 aromatic heterocycles. The van der Waals surface area contributed by atoms with E-state index in [0.29, 0.717) is 35.8 Å². The first-order valence-corrected chi connectivity index (χ1v) is 5.48. The Morgan fingerprint density at radius 3 is 2.88 bits per heavy atom. The van der Waals surface area contributed by atoms with Gasteiger partial charge in [-0.25, -0.2) is 0 Å². The highest BCUT2D eigenvalue weighted by atomic mass is 35.5. The van der Waals surface area contributed by atoms with Crippen molar-refractivity contribution in [2.75, 3.05) is 18.8 Å². The normalized spacial score (nSPS) is 20.1. The third-order valence-corrected chi connectivity index (χ3v) is 3.04. The second-order valence-corrected chi connectivity index (χ2v) is 4.34. The largest absolute Gasteiger partial charge is 0.398 e. The summed E-state index contributed by atoms with van der Waals surface area (Å²) in [6, 6.07) is 4.82. The molecule has 0 spiro atoms. The van der Waals surface area contributed by atoms with Crippen LogP contribution in [0.4, 0.5) is 5.69 Å². The van der Waals surface area contributed by atoms with Crippen LogP contribution in [0.1, 0.15) is 16.8 Å². The number of hydrogen-bond acceptors (Lipinski definition) is 3. The zero-order valence-corrected chi connectivity index (χ0v) is 9.44. The molecule has 5 heteroatoms. The summed E-state index contributed by atoms with van der Waals surface area (Å²) in [5, 5.41) is 9.80. The van der Waals surface area contributed by atoms with E-state index in [-0.39, 0.29) is 5.91 Å². The van der Waals surface area contributed by atoms with Gasteiger partial charge in [-0.05, 0) is 24.6 Å². The predicted octanol–water partition coefficient (Wildman–Crippen LogP) is 1.13.